The summed E-state index contributed by atoms with van der Waals surface area (Å²) < 4.78 is 67.6. The van der Waals surface area contributed by atoms with E-state index in [1.54, 1.807) is 6.92 Å². The van der Waals surface area contributed by atoms with Gasteiger partial charge in [0.25, 0.3) is 11.5 Å². The van der Waals surface area contributed by atoms with E-state index in [9.17, 15) is 31.9 Å². The fourth-order valence-corrected chi connectivity index (χ4v) is 5.78. The van der Waals surface area contributed by atoms with Crippen LogP contribution in [0, 0.1) is 11.7 Å². The van der Waals surface area contributed by atoms with E-state index >= 15 is 0 Å². The Morgan fingerprint density at radius 3 is 2.51 bits per heavy atom. The van der Waals surface area contributed by atoms with Crippen LogP contribution in [0.15, 0.2) is 59.7 Å². The van der Waals surface area contributed by atoms with E-state index in [1.807, 2.05) is 0 Å². The molecule has 2 amide bonds. The van der Waals surface area contributed by atoms with Gasteiger partial charge in [-0.25, -0.2) is 9.07 Å². The summed E-state index contributed by atoms with van der Waals surface area (Å²) in [6.07, 6.45) is 0.0164. The molecule has 2 aromatic carbocycles. The average Bonchev–Trinajstić information content (AvgIpc) is 3.57. The number of nitrogens with zero attached hydrogens (tertiary/aromatic N) is 4. The number of benzene rings is 2. The number of amides is 2. The van der Waals surface area contributed by atoms with E-state index in [0.717, 1.165) is 34.6 Å². The number of methoxy groups -OCH3 is 1. The number of nitrogens with one attached hydrogen (secondary N) is 2. The summed E-state index contributed by atoms with van der Waals surface area (Å²) in [7, 11) is 1.32. The van der Waals surface area contributed by atoms with Gasteiger partial charge in [-0.1, -0.05) is 23.7 Å². The first kappa shape index (κ1) is 35.5. The second kappa shape index (κ2) is 15.2. The van der Waals surface area contributed by atoms with E-state index in [-0.39, 0.29) is 45.3 Å². The molecule has 1 fully saturated rings. The van der Waals surface area contributed by atoms with Crippen LogP contribution in [0.2, 0.25) is 5.02 Å². The van der Waals surface area contributed by atoms with Crippen LogP contribution in [0.5, 0.6) is 5.75 Å². The van der Waals surface area contributed by atoms with Crippen molar-refractivity contribution in [2.45, 2.75) is 44.8 Å². The lowest BCUT2D eigenvalue weighted by atomic mass is 9.96. The topological polar surface area (TPSA) is 129 Å². The summed E-state index contributed by atoms with van der Waals surface area (Å²) in [6.45, 7) is 3.45. The maximum atomic E-state index is 15.0. The van der Waals surface area contributed by atoms with Crippen LogP contribution >= 0.6 is 11.6 Å². The summed E-state index contributed by atoms with van der Waals surface area (Å²) in [5.74, 6) is -1.50. The molecule has 2 aromatic heterocycles. The van der Waals surface area contributed by atoms with Crippen LogP contribution in [-0.2, 0) is 15.7 Å². The molecule has 260 valence electrons. The zero-order valence-corrected chi connectivity index (χ0v) is 27.3. The van der Waals surface area contributed by atoms with Gasteiger partial charge in [0.1, 0.15) is 17.6 Å². The van der Waals surface area contributed by atoms with Gasteiger partial charge < -0.3 is 20.1 Å². The molecule has 4 aromatic rings. The van der Waals surface area contributed by atoms with Crippen molar-refractivity contribution in [2.24, 2.45) is 5.92 Å². The number of ether oxygens (including phenoxy) is 2. The molecule has 0 radical (unpaired) electrons. The number of rotatable bonds is 11. The molecule has 1 saturated heterocycles. The summed E-state index contributed by atoms with van der Waals surface area (Å²) in [5, 5.41) is 12.3. The van der Waals surface area contributed by atoms with Gasteiger partial charge >= 0.3 is 6.18 Å². The number of pyridine rings is 1. The smallest absolute Gasteiger partial charge is 0.436 e. The van der Waals surface area contributed by atoms with Gasteiger partial charge in [-0.2, -0.15) is 13.2 Å². The Balaban J connectivity index is 1.35. The molecule has 0 aliphatic carbocycles. The summed E-state index contributed by atoms with van der Waals surface area (Å²) in [5.41, 5.74) is -1.44. The lowest BCUT2D eigenvalue weighted by Gasteiger charge is -2.22. The van der Waals surface area contributed by atoms with Crippen molar-refractivity contribution < 1.29 is 36.6 Å². The predicted molar refractivity (Wildman–Crippen MR) is 172 cm³/mol. The number of hydrogen-bond donors (Lipinski definition) is 2. The molecule has 1 aliphatic rings. The van der Waals surface area contributed by atoms with E-state index in [0.29, 0.717) is 31.9 Å². The Hall–Kier alpha value is -4.76. The normalized spacial score (nSPS) is 14.3. The van der Waals surface area contributed by atoms with Crippen molar-refractivity contribution in [1.29, 1.82) is 0 Å². The van der Waals surface area contributed by atoms with Crippen molar-refractivity contribution in [3.05, 3.63) is 87.3 Å². The molecule has 0 saturated carbocycles. The lowest BCUT2D eigenvalue weighted by molar-refractivity contribution is -0.141. The number of halogens is 5. The lowest BCUT2D eigenvalue weighted by Crippen LogP contribution is -2.33. The highest BCUT2D eigenvalue weighted by Gasteiger charge is 2.35. The SMILES string of the molecule is CC[C@@H](C(=O)Nc1ccc(C(=O)NCCC2CCOCC2)c(F)c1)n1cc(OC)c(-c2cc(Cl)ccc2-n2cc(C(F)(F)F)nn2)cc1=O. The van der Waals surface area contributed by atoms with Gasteiger partial charge in [-0.3, -0.25) is 19.0 Å². The standard InChI is InChI=1S/C33H33ClF4N6O5/c1-3-26(32(47)40-21-5-6-22(25(35)15-21)31(46)39-11-8-19-9-12-49-13-10-19)43-17-28(48-2)24(16-30(43)45)23-14-20(34)4-7-27(23)44-18-29(41-42-44)33(36,37)38/h4-7,14-19,26H,3,8-13H2,1-2H3,(H,39,46)(H,40,47)/t26-/m0/s1. The number of alkyl halides is 3. The maximum Gasteiger partial charge on any atom is 0.436 e. The van der Waals surface area contributed by atoms with E-state index < -0.39 is 41.1 Å². The zero-order chi connectivity index (χ0) is 35.3. The van der Waals surface area contributed by atoms with Gasteiger partial charge in [0.05, 0.1) is 30.8 Å². The minimum atomic E-state index is -4.73. The summed E-state index contributed by atoms with van der Waals surface area (Å²) in [6, 6.07) is 8.08. The molecule has 1 aliphatic heterocycles. The number of carbonyl (C=O) groups is 2. The molecule has 0 unspecified atom stereocenters. The summed E-state index contributed by atoms with van der Waals surface area (Å²) >= 11 is 6.22. The first-order valence-electron chi connectivity index (χ1n) is 15.5. The van der Waals surface area contributed by atoms with Crippen LogP contribution < -0.4 is 20.9 Å². The average molecular weight is 705 g/mol. The Kier molecular flexibility index (Phi) is 11.0. The third kappa shape index (κ3) is 8.28. The van der Waals surface area contributed by atoms with Crippen molar-refractivity contribution in [2.75, 3.05) is 32.2 Å². The van der Waals surface area contributed by atoms with E-state index in [4.69, 9.17) is 21.1 Å². The van der Waals surface area contributed by atoms with Crippen LogP contribution in [0.3, 0.4) is 0 Å². The fraction of sp³-hybridized carbons (Fsp3) is 0.364. The minimum absolute atomic E-state index is 0.0750. The van der Waals surface area contributed by atoms with Crippen molar-refractivity contribution in [3.63, 3.8) is 0 Å². The summed E-state index contributed by atoms with van der Waals surface area (Å²) in [4.78, 5) is 39.5. The number of anilines is 1. The Bertz CT molecular complexity index is 1890. The highest BCUT2D eigenvalue weighted by molar-refractivity contribution is 6.31. The van der Waals surface area contributed by atoms with Crippen LogP contribution in [0.1, 0.15) is 54.7 Å². The molecule has 11 nitrogen and oxygen atoms in total. The van der Waals surface area contributed by atoms with Crippen molar-refractivity contribution in [1.82, 2.24) is 24.9 Å². The number of carbonyl (C=O) groups excluding carboxylic acids is 2. The van der Waals surface area contributed by atoms with Crippen molar-refractivity contribution >= 4 is 29.1 Å². The monoisotopic (exact) mass is 704 g/mol. The Morgan fingerprint density at radius 2 is 1.86 bits per heavy atom. The molecule has 3 heterocycles. The molecule has 49 heavy (non-hydrogen) atoms. The molecule has 2 N–H and O–H groups in total. The zero-order valence-electron chi connectivity index (χ0n) is 26.5. The Morgan fingerprint density at radius 1 is 1.10 bits per heavy atom. The van der Waals surface area contributed by atoms with Gasteiger partial charge in [0.2, 0.25) is 5.91 Å². The third-order valence-electron chi connectivity index (χ3n) is 8.23. The van der Waals surface area contributed by atoms with E-state index in [1.165, 1.54) is 49.7 Å². The largest absolute Gasteiger partial charge is 0.495 e. The van der Waals surface area contributed by atoms with Gasteiger partial charge in [0.15, 0.2) is 5.69 Å². The van der Waals surface area contributed by atoms with Crippen LogP contribution in [-0.4, -0.2) is 58.2 Å². The molecule has 0 bridgehead atoms. The third-order valence-corrected chi connectivity index (χ3v) is 8.46. The quantitative estimate of drug-likeness (QED) is 0.182. The van der Waals surface area contributed by atoms with Crippen LogP contribution in [0.25, 0.3) is 16.8 Å². The van der Waals surface area contributed by atoms with E-state index in [2.05, 4.69) is 20.9 Å². The highest BCUT2D eigenvalue weighted by atomic mass is 35.5. The molecule has 0 spiro atoms. The first-order valence-corrected chi connectivity index (χ1v) is 15.8. The number of aromatic nitrogens is 4. The van der Waals surface area contributed by atoms with Gasteiger partial charge in [-0.05, 0) is 68.0 Å². The van der Waals surface area contributed by atoms with Crippen molar-refractivity contribution in [3.8, 4) is 22.6 Å². The molecule has 1 atom stereocenters. The minimum Gasteiger partial charge on any atom is -0.495 e. The Labute approximate surface area is 283 Å². The fourth-order valence-electron chi connectivity index (χ4n) is 5.61. The molecular formula is C33H33ClF4N6O5. The second-order valence-electron chi connectivity index (χ2n) is 11.4. The molecule has 5 rings (SSSR count). The highest BCUT2D eigenvalue weighted by Crippen LogP contribution is 2.36. The first-order chi connectivity index (χ1) is 23.4. The predicted octanol–water partition coefficient (Wildman–Crippen LogP) is 6.05. The maximum absolute atomic E-state index is 15.0. The molecule has 16 heteroatoms. The number of hydrogen-bond acceptors (Lipinski definition) is 7. The van der Waals surface area contributed by atoms with Gasteiger partial charge in [-0.15, -0.1) is 5.10 Å². The van der Waals surface area contributed by atoms with Crippen LogP contribution in [0.4, 0.5) is 23.2 Å². The second-order valence-corrected chi connectivity index (χ2v) is 11.9. The molecular weight excluding hydrogens is 672 g/mol. The van der Waals surface area contributed by atoms with Gasteiger partial charge in [0, 0.05) is 47.7 Å².